The second kappa shape index (κ2) is 9.05. The van der Waals surface area contributed by atoms with E-state index in [2.05, 4.69) is 10.3 Å². The fourth-order valence-electron chi connectivity index (χ4n) is 2.41. The second-order valence-corrected chi connectivity index (χ2v) is 8.47. The van der Waals surface area contributed by atoms with Crippen molar-refractivity contribution in [2.75, 3.05) is 6.54 Å². The van der Waals surface area contributed by atoms with E-state index in [1.165, 1.54) is 23.9 Å². The topological polar surface area (TPSA) is 115 Å². The lowest BCUT2D eigenvalue weighted by Crippen LogP contribution is -2.25. The number of sulfonamides is 1. The van der Waals surface area contributed by atoms with Crippen LogP contribution in [0.4, 0.5) is 0 Å². The van der Waals surface area contributed by atoms with Crippen LogP contribution in [0.5, 0.6) is 0 Å². The van der Waals surface area contributed by atoms with Crippen LogP contribution in [0.25, 0.3) is 0 Å². The van der Waals surface area contributed by atoms with Gasteiger partial charge in [-0.15, -0.1) is 0 Å². The largest absolute Gasteiger partial charge is 0.455 e. The van der Waals surface area contributed by atoms with Crippen LogP contribution >= 0.6 is 11.8 Å². The van der Waals surface area contributed by atoms with Crippen LogP contribution in [0.3, 0.4) is 0 Å². The average molecular weight is 418 g/mol. The smallest absolute Gasteiger partial charge is 0.287 e. The van der Waals surface area contributed by atoms with E-state index in [-0.39, 0.29) is 16.6 Å². The number of hydrogen-bond donors (Lipinski definition) is 2. The number of aromatic nitrogens is 1. The van der Waals surface area contributed by atoms with Crippen molar-refractivity contribution in [1.29, 1.82) is 0 Å². The third kappa shape index (κ3) is 5.69. The second-order valence-electron chi connectivity index (χ2n) is 5.92. The first-order valence-corrected chi connectivity index (χ1v) is 11.0. The molecule has 7 nitrogen and oxygen atoms in total. The van der Waals surface area contributed by atoms with Gasteiger partial charge in [-0.05, 0) is 48.4 Å². The number of nitrogens with one attached hydrogen (secondary N) is 1. The number of hydrogen-bond acceptors (Lipinski definition) is 6. The lowest BCUT2D eigenvalue weighted by molar-refractivity contribution is 0.0925. The zero-order valence-electron chi connectivity index (χ0n) is 14.9. The van der Waals surface area contributed by atoms with Gasteiger partial charge in [0.25, 0.3) is 5.91 Å². The molecule has 0 fully saturated rings. The normalized spacial score (nSPS) is 11.3. The summed E-state index contributed by atoms with van der Waals surface area (Å²) < 4.78 is 28.1. The summed E-state index contributed by atoms with van der Waals surface area (Å²) in [4.78, 5) is 16.5. The number of amides is 1. The Bertz CT molecular complexity index is 1030. The molecule has 0 saturated heterocycles. The van der Waals surface area contributed by atoms with Crippen LogP contribution in [0.1, 0.15) is 21.9 Å². The third-order valence-electron chi connectivity index (χ3n) is 3.84. The molecule has 0 atom stereocenters. The minimum Gasteiger partial charge on any atom is -0.455 e. The highest BCUT2D eigenvalue weighted by molar-refractivity contribution is 7.98. The first-order chi connectivity index (χ1) is 13.4. The van der Waals surface area contributed by atoms with E-state index in [0.717, 1.165) is 10.6 Å². The number of carbonyl (C=O) groups is 1. The van der Waals surface area contributed by atoms with Crippen LogP contribution in [0, 0.1) is 0 Å². The van der Waals surface area contributed by atoms with Gasteiger partial charge in [0.1, 0.15) is 5.76 Å². The van der Waals surface area contributed by atoms with Gasteiger partial charge in [-0.25, -0.2) is 18.5 Å². The van der Waals surface area contributed by atoms with Crippen molar-refractivity contribution >= 4 is 27.7 Å². The first kappa shape index (κ1) is 20.1. The Labute approximate surface area is 167 Å². The van der Waals surface area contributed by atoms with E-state index < -0.39 is 10.0 Å². The molecule has 9 heteroatoms. The maximum atomic E-state index is 12.2. The molecular formula is C19H19N3O4S2. The molecule has 0 spiro atoms. The summed E-state index contributed by atoms with van der Waals surface area (Å²) in [6.07, 6.45) is 2.28. The fourth-order valence-corrected chi connectivity index (χ4v) is 3.68. The Kier molecular flexibility index (Phi) is 6.50. The highest BCUT2D eigenvalue weighted by atomic mass is 32.2. The van der Waals surface area contributed by atoms with Crippen molar-refractivity contribution in [3.63, 3.8) is 0 Å². The van der Waals surface area contributed by atoms with Gasteiger partial charge in [0.05, 0.1) is 15.7 Å². The summed E-state index contributed by atoms with van der Waals surface area (Å²) in [6, 6.07) is 15.3. The molecule has 0 aliphatic rings. The predicted octanol–water partition coefficient (Wildman–Crippen LogP) is 2.59. The molecule has 0 bridgehead atoms. The Hall–Kier alpha value is -2.62. The molecular weight excluding hydrogens is 398 g/mol. The van der Waals surface area contributed by atoms with E-state index >= 15 is 0 Å². The fraction of sp³-hybridized carbons (Fsp3) is 0.158. The van der Waals surface area contributed by atoms with Gasteiger partial charge in [-0.2, -0.15) is 0 Å². The Morgan fingerprint density at radius 1 is 1.11 bits per heavy atom. The quantitative estimate of drug-likeness (QED) is 0.544. The molecule has 146 valence electrons. The molecule has 0 radical (unpaired) electrons. The highest BCUT2D eigenvalue weighted by Gasteiger charge is 2.11. The number of thioether (sulfide) groups is 1. The van der Waals surface area contributed by atoms with Crippen LogP contribution in [0.15, 0.2) is 75.1 Å². The summed E-state index contributed by atoms with van der Waals surface area (Å²) in [7, 11) is -3.70. The van der Waals surface area contributed by atoms with Crippen LogP contribution in [-0.4, -0.2) is 25.9 Å². The minimum atomic E-state index is -3.70. The number of carbonyl (C=O) groups excluding carboxylic acids is 1. The Morgan fingerprint density at radius 2 is 1.89 bits per heavy atom. The first-order valence-electron chi connectivity index (χ1n) is 8.44. The molecule has 2 aromatic heterocycles. The molecule has 0 aliphatic carbocycles. The number of nitrogens with zero attached hydrogens (tertiary/aromatic N) is 1. The third-order valence-corrected chi connectivity index (χ3v) is 5.73. The van der Waals surface area contributed by atoms with Gasteiger partial charge in [0, 0.05) is 12.7 Å². The van der Waals surface area contributed by atoms with Crippen molar-refractivity contribution < 1.29 is 17.6 Å². The van der Waals surface area contributed by atoms with Crippen LogP contribution in [0.2, 0.25) is 0 Å². The van der Waals surface area contributed by atoms with Crippen molar-refractivity contribution in [3.05, 3.63) is 77.9 Å². The maximum Gasteiger partial charge on any atom is 0.287 e. The number of benzene rings is 1. The zero-order valence-corrected chi connectivity index (χ0v) is 16.5. The van der Waals surface area contributed by atoms with Crippen molar-refractivity contribution in [3.8, 4) is 0 Å². The highest BCUT2D eigenvalue weighted by Crippen LogP contribution is 2.21. The molecule has 3 aromatic rings. The molecule has 1 amide bonds. The van der Waals surface area contributed by atoms with Crippen molar-refractivity contribution in [1.82, 2.24) is 10.3 Å². The van der Waals surface area contributed by atoms with Gasteiger partial charge >= 0.3 is 0 Å². The van der Waals surface area contributed by atoms with Gasteiger partial charge in [0.2, 0.25) is 10.0 Å². The number of nitrogens with two attached hydrogens (primary N) is 1. The number of primary sulfonamides is 1. The summed E-state index contributed by atoms with van der Waals surface area (Å²) >= 11 is 1.53. The van der Waals surface area contributed by atoms with Gasteiger partial charge in [0.15, 0.2) is 5.76 Å². The van der Waals surface area contributed by atoms with Crippen LogP contribution in [-0.2, 0) is 22.2 Å². The van der Waals surface area contributed by atoms with Crippen LogP contribution < -0.4 is 10.5 Å². The summed E-state index contributed by atoms with van der Waals surface area (Å²) in [5.41, 5.74) is 0.889. The van der Waals surface area contributed by atoms with Gasteiger partial charge in [-0.3, -0.25) is 4.79 Å². The van der Waals surface area contributed by atoms with E-state index in [1.54, 1.807) is 30.5 Å². The Morgan fingerprint density at radius 3 is 2.57 bits per heavy atom. The van der Waals surface area contributed by atoms with Crippen molar-refractivity contribution in [2.45, 2.75) is 22.1 Å². The summed E-state index contributed by atoms with van der Waals surface area (Å²) in [6.45, 7) is 0.395. The molecule has 28 heavy (non-hydrogen) atoms. The number of pyridine rings is 1. The zero-order chi connectivity index (χ0) is 20.0. The standard InChI is InChI=1S/C19H19N3O4S2/c20-28(24,25)16-7-4-14(5-8-16)10-12-22-19(23)17-9-6-15(26-17)13-27-18-3-1-2-11-21-18/h1-9,11H,10,12-13H2,(H,22,23)(H2,20,24,25). The average Bonchev–Trinajstić information content (AvgIpc) is 3.16. The predicted molar refractivity (Wildman–Crippen MR) is 106 cm³/mol. The molecule has 0 saturated carbocycles. The van der Waals surface area contributed by atoms with E-state index in [1.807, 2.05) is 18.2 Å². The van der Waals surface area contributed by atoms with E-state index in [0.29, 0.717) is 24.5 Å². The lowest BCUT2D eigenvalue weighted by Gasteiger charge is -2.05. The molecule has 3 rings (SSSR count). The number of furan rings is 1. The SMILES string of the molecule is NS(=O)(=O)c1ccc(CCNC(=O)c2ccc(CSc3ccccn3)o2)cc1. The monoisotopic (exact) mass is 417 g/mol. The molecule has 1 aromatic carbocycles. The molecule has 2 heterocycles. The summed E-state index contributed by atoms with van der Waals surface area (Å²) in [5.74, 6) is 1.23. The van der Waals surface area contributed by atoms with Gasteiger partial charge in [-0.1, -0.05) is 30.0 Å². The molecule has 0 unspecified atom stereocenters. The molecule has 0 aliphatic heterocycles. The Balaban J connectivity index is 1.47. The van der Waals surface area contributed by atoms with Gasteiger partial charge < -0.3 is 9.73 Å². The summed E-state index contributed by atoms with van der Waals surface area (Å²) in [5, 5.41) is 8.74. The maximum absolute atomic E-state index is 12.2. The number of rotatable bonds is 8. The van der Waals surface area contributed by atoms with E-state index in [4.69, 9.17) is 9.56 Å². The molecule has 3 N–H and O–H groups in total. The minimum absolute atomic E-state index is 0.0620. The lowest BCUT2D eigenvalue weighted by atomic mass is 10.1. The van der Waals surface area contributed by atoms with E-state index in [9.17, 15) is 13.2 Å². The van der Waals surface area contributed by atoms with Crippen molar-refractivity contribution in [2.24, 2.45) is 5.14 Å².